The van der Waals surface area contributed by atoms with Crippen LogP contribution >= 0.6 is 23.2 Å². The highest BCUT2D eigenvalue weighted by molar-refractivity contribution is 7.93. The summed E-state index contributed by atoms with van der Waals surface area (Å²) in [6.45, 7) is 3.50. The summed E-state index contributed by atoms with van der Waals surface area (Å²) in [5.74, 6) is -2.86. The molecule has 0 atom stereocenters. The summed E-state index contributed by atoms with van der Waals surface area (Å²) in [4.78, 5) is 12.2. The zero-order valence-electron chi connectivity index (χ0n) is 16.4. The second-order valence-corrected chi connectivity index (χ2v) is 9.17. The molecule has 0 unspecified atom stereocenters. The fraction of sp³-hybridized carbons (Fsp3) is 0.0455. The smallest absolute Gasteiger partial charge is 0.266 e. The Bertz CT molecular complexity index is 1260. The van der Waals surface area contributed by atoms with E-state index in [-0.39, 0.29) is 22.0 Å². The SMILES string of the molecule is C=CCN(c1ccc(Cl)cc1)S(=O)(=O)c1cc(C(=O)Nc2c(F)cccc2F)ccc1Cl. The van der Waals surface area contributed by atoms with Gasteiger partial charge in [0.15, 0.2) is 0 Å². The van der Waals surface area contributed by atoms with Gasteiger partial charge in [0.2, 0.25) is 0 Å². The lowest BCUT2D eigenvalue weighted by molar-refractivity contribution is 0.102. The average Bonchev–Trinajstić information content (AvgIpc) is 2.75. The molecule has 0 saturated carbocycles. The molecular weight excluding hydrogens is 481 g/mol. The summed E-state index contributed by atoms with van der Waals surface area (Å²) in [6, 6.07) is 12.7. The molecule has 1 N–H and O–H groups in total. The van der Waals surface area contributed by atoms with E-state index in [0.717, 1.165) is 28.6 Å². The predicted molar refractivity (Wildman–Crippen MR) is 122 cm³/mol. The van der Waals surface area contributed by atoms with Gasteiger partial charge < -0.3 is 5.32 Å². The molecule has 0 saturated heterocycles. The molecule has 0 aliphatic heterocycles. The van der Waals surface area contributed by atoms with Crippen LogP contribution in [0.2, 0.25) is 10.0 Å². The molecule has 0 radical (unpaired) electrons. The van der Waals surface area contributed by atoms with E-state index in [1.807, 2.05) is 0 Å². The van der Waals surface area contributed by atoms with E-state index in [2.05, 4.69) is 11.9 Å². The van der Waals surface area contributed by atoms with Gasteiger partial charge in [0.25, 0.3) is 15.9 Å². The van der Waals surface area contributed by atoms with Gasteiger partial charge in [-0.3, -0.25) is 9.10 Å². The van der Waals surface area contributed by atoms with Gasteiger partial charge in [0.05, 0.1) is 17.3 Å². The maximum Gasteiger partial charge on any atom is 0.266 e. The van der Waals surface area contributed by atoms with Crippen molar-refractivity contribution in [2.45, 2.75) is 4.90 Å². The quantitative estimate of drug-likeness (QED) is 0.413. The topological polar surface area (TPSA) is 66.5 Å². The van der Waals surface area contributed by atoms with Crippen molar-refractivity contribution in [2.24, 2.45) is 0 Å². The minimum atomic E-state index is -4.25. The van der Waals surface area contributed by atoms with Gasteiger partial charge in [-0.15, -0.1) is 6.58 Å². The van der Waals surface area contributed by atoms with Crippen LogP contribution in [0.1, 0.15) is 10.4 Å². The molecule has 0 fully saturated rings. The zero-order chi connectivity index (χ0) is 23.5. The minimum absolute atomic E-state index is 0.0862. The van der Waals surface area contributed by atoms with Crippen molar-refractivity contribution < 1.29 is 22.0 Å². The first kappa shape index (κ1) is 23.7. The van der Waals surface area contributed by atoms with Gasteiger partial charge in [0.1, 0.15) is 22.2 Å². The predicted octanol–water partition coefficient (Wildman–Crippen LogP) is 5.91. The Balaban J connectivity index is 2.02. The Morgan fingerprint density at radius 2 is 1.66 bits per heavy atom. The van der Waals surface area contributed by atoms with Crippen LogP contribution in [0.5, 0.6) is 0 Å². The van der Waals surface area contributed by atoms with Crippen molar-refractivity contribution in [2.75, 3.05) is 16.2 Å². The van der Waals surface area contributed by atoms with Crippen molar-refractivity contribution in [3.05, 3.63) is 101 Å². The molecule has 0 heterocycles. The molecule has 32 heavy (non-hydrogen) atoms. The summed E-state index contributed by atoms with van der Waals surface area (Å²) in [7, 11) is -4.25. The maximum absolute atomic E-state index is 13.9. The largest absolute Gasteiger partial charge is 0.317 e. The number of para-hydroxylation sites is 1. The van der Waals surface area contributed by atoms with Crippen LogP contribution in [0.25, 0.3) is 0 Å². The first-order valence-corrected chi connectivity index (χ1v) is 11.3. The number of nitrogens with one attached hydrogen (secondary N) is 1. The lowest BCUT2D eigenvalue weighted by Crippen LogP contribution is -2.31. The number of hydrogen-bond donors (Lipinski definition) is 1. The Morgan fingerprint density at radius 3 is 2.25 bits per heavy atom. The third-order valence-corrected chi connectivity index (χ3v) is 6.90. The van der Waals surface area contributed by atoms with Crippen LogP contribution in [0, 0.1) is 11.6 Å². The molecule has 0 aromatic heterocycles. The number of hydrogen-bond acceptors (Lipinski definition) is 3. The third-order valence-electron chi connectivity index (χ3n) is 4.37. The molecule has 0 aliphatic carbocycles. The Kier molecular flexibility index (Phi) is 7.18. The van der Waals surface area contributed by atoms with Crippen LogP contribution in [0.15, 0.2) is 78.2 Å². The number of benzene rings is 3. The van der Waals surface area contributed by atoms with Crippen molar-refractivity contribution >= 4 is 50.5 Å². The number of nitrogens with zero attached hydrogens (tertiary/aromatic N) is 1. The van der Waals surface area contributed by atoms with Crippen molar-refractivity contribution in [3.63, 3.8) is 0 Å². The first-order chi connectivity index (χ1) is 15.1. The fourth-order valence-electron chi connectivity index (χ4n) is 2.83. The third kappa shape index (κ3) is 4.93. The number of sulfonamides is 1. The molecule has 1 amide bonds. The molecule has 3 aromatic carbocycles. The normalized spacial score (nSPS) is 11.1. The minimum Gasteiger partial charge on any atom is -0.317 e. The Labute approximate surface area is 193 Å². The van der Waals surface area contributed by atoms with Crippen LogP contribution in [-0.4, -0.2) is 20.9 Å². The van der Waals surface area contributed by atoms with Gasteiger partial charge in [-0.1, -0.05) is 35.3 Å². The first-order valence-electron chi connectivity index (χ1n) is 9.09. The second-order valence-electron chi connectivity index (χ2n) is 6.50. The Morgan fingerprint density at radius 1 is 1.03 bits per heavy atom. The summed E-state index contributed by atoms with van der Waals surface area (Å²) < 4.78 is 55.5. The molecule has 5 nitrogen and oxygen atoms in total. The van der Waals surface area contributed by atoms with Crippen LogP contribution < -0.4 is 9.62 Å². The molecule has 0 aliphatic rings. The van der Waals surface area contributed by atoms with E-state index in [1.165, 1.54) is 42.5 Å². The standard InChI is InChI=1S/C22H16Cl2F2N2O3S/c1-2-12-28(16-9-7-15(23)8-10-16)32(30,31)20-13-14(6-11-17(20)24)22(29)27-21-18(25)4-3-5-19(21)26/h2-11,13H,1,12H2,(H,27,29). The molecule has 3 aromatic rings. The highest BCUT2D eigenvalue weighted by Gasteiger charge is 2.28. The van der Waals surface area contributed by atoms with Crippen molar-refractivity contribution in [1.29, 1.82) is 0 Å². The van der Waals surface area contributed by atoms with E-state index in [0.29, 0.717) is 10.7 Å². The Hall–Kier alpha value is -2.94. The monoisotopic (exact) mass is 496 g/mol. The van der Waals surface area contributed by atoms with E-state index in [1.54, 1.807) is 0 Å². The van der Waals surface area contributed by atoms with Gasteiger partial charge in [-0.05, 0) is 54.6 Å². The van der Waals surface area contributed by atoms with Crippen molar-refractivity contribution in [1.82, 2.24) is 0 Å². The van der Waals surface area contributed by atoms with Crippen LogP contribution in [0.3, 0.4) is 0 Å². The second kappa shape index (κ2) is 9.68. The van der Waals surface area contributed by atoms with E-state index in [4.69, 9.17) is 23.2 Å². The highest BCUT2D eigenvalue weighted by Crippen LogP contribution is 2.30. The van der Waals surface area contributed by atoms with Crippen LogP contribution in [0.4, 0.5) is 20.2 Å². The van der Waals surface area contributed by atoms with E-state index < -0.39 is 33.3 Å². The zero-order valence-corrected chi connectivity index (χ0v) is 18.7. The maximum atomic E-state index is 13.9. The summed E-state index contributed by atoms with van der Waals surface area (Å²) in [5.41, 5.74) is -0.509. The molecule has 3 rings (SSSR count). The lowest BCUT2D eigenvalue weighted by atomic mass is 10.2. The fourth-order valence-corrected chi connectivity index (χ4v) is 4.90. The van der Waals surface area contributed by atoms with Crippen molar-refractivity contribution in [3.8, 4) is 0 Å². The van der Waals surface area contributed by atoms with Crippen LogP contribution in [-0.2, 0) is 10.0 Å². The number of anilines is 2. The van der Waals surface area contributed by atoms with Gasteiger partial charge in [0, 0.05) is 10.6 Å². The van der Waals surface area contributed by atoms with Gasteiger partial charge in [-0.25, -0.2) is 17.2 Å². The van der Waals surface area contributed by atoms with E-state index in [9.17, 15) is 22.0 Å². The molecule has 0 bridgehead atoms. The summed E-state index contributed by atoms with van der Waals surface area (Å²) in [6.07, 6.45) is 1.39. The van der Waals surface area contributed by atoms with Gasteiger partial charge >= 0.3 is 0 Å². The van der Waals surface area contributed by atoms with E-state index >= 15 is 0 Å². The summed E-state index contributed by atoms with van der Waals surface area (Å²) in [5, 5.41) is 2.39. The highest BCUT2D eigenvalue weighted by atomic mass is 35.5. The number of rotatable bonds is 7. The molecule has 0 spiro atoms. The molecule has 166 valence electrons. The number of carbonyl (C=O) groups is 1. The molecular formula is C22H16Cl2F2N2O3S. The van der Waals surface area contributed by atoms with Gasteiger partial charge in [-0.2, -0.15) is 0 Å². The summed E-state index contributed by atoms with van der Waals surface area (Å²) >= 11 is 12.0. The number of amides is 1. The lowest BCUT2D eigenvalue weighted by Gasteiger charge is -2.24. The number of carbonyl (C=O) groups excluding carboxylic acids is 1. The average molecular weight is 497 g/mol. The molecule has 10 heteroatoms. The number of halogens is 4.